The second-order valence-corrected chi connectivity index (χ2v) is 13.5. The Morgan fingerprint density at radius 3 is 2.51 bits per heavy atom. The predicted molar refractivity (Wildman–Crippen MR) is 179 cm³/mol. The van der Waals surface area contributed by atoms with Crippen molar-refractivity contribution in [3.8, 4) is 23.0 Å². The van der Waals surface area contributed by atoms with E-state index < -0.39 is 6.04 Å². The third kappa shape index (κ3) is 6.10. The number of ether oxygens (including phenoxy) is 4. The van der Waals surface area contributed by atoms with Gasteiger partial charge in [0.05, 0.1) is 38.2 Å². The summed E-state index contributed by atoms with van der Waals surface area (Å²) in [5.41, 5.74) is 5.10. The van der Waals surface area contributed by atoms with Gasteiger partial charge in [0.1, 0.15) is 11.5 Å². The summed E-state index contributed by atoms with van der Waals surface area (Å²) in [6.07, 6.45) is 1.14. The van der Waals surface area contributed by atoms with Crippen molar-refractivity contribution in [2.45, 2.75) is 39.3 Å². The van der Waals surface area contributed by atoms with Gasteiger partial charge in [-0.2, -0.15) is 0 Å². The number of allylic oxidation sites excluding steroid dienone is 1. The number of anilines is 2. The Hall–Kier alpha value is -4.70. The Balaban J connectivity index is 1.19. The van der Waals surface area contributed by atoms with Crippen LogP contribution in [0.2, 0.25) is 0 Å². The van der Waals surface area contributed by atoms with E-state index in [1.807, 2.05) is 59.5 Å². The van der Waals surface area contributed by atoms with Gasteiger partial charge in [0, 0.05) is 62.0 Å². The van der Waals surface area contributed by atoms with Gasteiger partial charge in [0.25, 0.3) is 0 Å². The van der Waals surface area contributed by atoms with Crippen molar-refractivity contribution >= 4 is 23.1 Å². The summed E-state index contributed by atoms with van der Waals surface area (Å²) in [5.74, 6) is 2.92. The molecule has 4 aliphatic rings. The molecule has 1 amide bonds. The molecule has 3 aliphatic heterocycles. The molecule has 1 N–H and O–H groups in total. The molecule has 0 saturated carbocycles. The molecule has 0 bridgehead atoms. The normalized spacial score (nSPS) is 20.3. The summed E-state index contributed by atoms with van der Waals surface area (Å²) in [5, 5.41) is 3.64. The molecule has 3 aromatic rings. The lowest BCUT2D eigenvalue weighted by molar-refractivity contribution is -0.131. The molecule has 1 aliphatic carbocycles. The molecule has 10 nitrogen and oxygen atoms in total. The summed E-state index contributed by atoms with van der Waals surface area (Å²) >= 11 is 0. The molecule has 3 heterocycles. The highest BCUT2D eigenvalue weighted by atomic mass is 16.7. The molecular weight excluding hydrogens is 596 g/mol. The molecule has 1 saturated heterocycles. The first-order valence-corrected chi connectivity index (χ1v) is 16.2. The Kier molecular flexibility index (Phi) is 8.21. The molecular formula is C37H42N4O6. The van der Waals surface area contributed by atoms with E-state index in [1.54, 1.807) is 14.2 Å². The number of piperazine rings is 1. The van der Waals surface area contributed by atoms with Crippen LogP contribution in [0.5, 0.6) is 23.0 Å². The zero-order valence-corrected chi connectivity index (χ0v) is 27.5. The van der Waals surface area contributed by atoms with Gasteiger partial charge in [-0.15, -0.1) is 0 Å². The van der Waals surface area contributed by atoms with Crippen LogP contribution >= 0.6 is 0 Å². The molecule has 3 aromatic carbocycles. The molecule has 1 unspecified atom stereocenters. The van der Waals surface area contributed by atoms with Crippen molar-refractivity contribution in [2.75, 3.05) is 64.0 Å². The number of rotatable bonds is 7. The molecule has 47 heavy (non-hydrogen) atoms. The fourth-order valence-corrected chi connectivity index (χ4v) is 7.29. The number of carbonyl (C=O) groups excluding carboxylic acids is 2. The molecule has 1 atom stereocenters. The van der Waals surface area contributed by atoms with E-state index in [0.29, 0.717) is 43.0 Å². The van der Waals surface area contributed by atoms with Gasteiger partial charge in [-0.1, -0.05) is 32.0 Å². The summed E-state index contributed by atoms with van der Waals surface area (Å²) in [4.78, 5) is 34.7. The van der Waals surface area contributed by atoms with Crippen molar-refractivity contribution in [2.24, 2.45) is 5.41 Å². The monoisotopic (exact) mass is 638 g/mol. The standard InChI is InChI=1S/C37H42N4O6/c1-37(2)19-28-35(30(42)20-37)36(26-11-10-25(44-3)18-32(26)45-4)41(29-8-6-5-7-27(29)38-28)22-34(43)40-15-13-39(14-16-40)21-24-9-12-31-33(17-24)47-23-46-31/h5-12,17-18,36,38H,13-16,19-23H2,1-4H3. The first-order chi connectivity index (χ1) is 22.7. The topological polar surface area (TPSA) is 92.8 Å². The van der Waals surface area contributed by atoms with Crippen molar-refractivity contribution in [3.63, 3.8) is 0 Å². The van der Waals surface area contributed by atoms with Gasteiger partial charge < -0.3 is 34.1 Å². The van der Waals surface area contributed by atoms with E-state index in [9.17, 15) is 9.59 Å². The average molecular weight is 639 g/mol. The molecule has 246 valence electrons. The van der Waals surface area contributed by atoms with Crippen LogP contribution in [-0.4, -0.2) is 75.2 Å². The van der Waals surface area contributed by atoms with Gasteiger partial charge >= 0.3 is 0 Å². The number of benzene rings is 3. The van der Waals surface area contributed by atoms with Crippen LogP contribution in [-0.2, 0) is 16.1 Å². The summed E-state index contributed by atoms with van der Waals surface area (Å²) in [6, 6.07) is 19.2. The van der Waals surface area contributed by atoms with Crippen LogP contribution in [0.3, 0.4) is 0 Å². The zero-order valence-electron chi connectivity index (χ0n) is 27.5. The first-order valence-electron chi connectivity index (χ1n) is 16.2. The summed E-state index contributed by atoms with van der Waals surface area (Å²) < 4.78 is 22.4. The van der Waals surface area contributed by atoms with Gasteiger partial charge in [0.15, 0.2) is 17.3 Å². The lowest BCUT2D eigenvalue weighted by atomic mass is 9.73. The Morgan fingerprint density at radius 2 is 1.72 bits per heavy atom. The summed E-state index contributed by atoms with van der Waals surface area (Å²) in [6.45, 7) is 8.16. The van der Waals surface area contributed by atoms with Gasteiger partial charge in [0.2, 0.25) is 12.7 Å². The molecule has 7 rings (SSSR count). The Morgan fingerprint density at radius 1 is 0.936 bits per heavy atom. The highest BCUT2D eigenvalue weighted by molar-refractivity contribution is 6.02. The molecule has 0 aromatic heterocycles. The smallest absolute Gasteiger partial charge is 0.242 e. The number of hydrogen-bond acceptors (Lipinski definition) is 9. The largest absolute Gasteiger partial charge is 0.497 e. The van der Waals surface area contributed by atoms with E-state index in [1.165, 1.54) is 0 Å². The number of hydrogen-bond donors (Lipinski definition) is 1. The maximum Gasteiger partial charge on any atom is 0.242 e. The average Bonchev–Trinajstić information content (AvgIpc) is 3.48. The minimum Gasteiger partial charge on any atom is -0.497 e. The number of fused-ring (bicyclic) bond motifs is 2. The quantitative estimate of drug-likeness (QED) is 0.366. The highest BCUT2D eigenvalue weighted by Crippen LogP contribution is 2.50. The second kappa shape index (κ2) is 12.5. The minimum absolute atomic E-state index is 0.0210. The molecule has 10 heteroatoms. The van der Waals surface area contributed by atoms with Gasteiger partial charge in [-0.05, 0) is 53.8 Å². The minimum atomic E-state index is -0.540. The van der Waals surface area contributed by atoms with Crippen LogP contribution in [0.25, 0.3) is 0 Å². The fourth-order valence-electron chi connectivity index (χ4n) is 7.29. The number of Topliss-reactive ketones (excluding diaryl/α,β-unsaturated/α-hetero) is 1. The predicted octanol–water partition coefficient (Wildman–Crippen LogP) is 5.39. The van der Waals surface area contributed by atoms with Crippen molar-refractivity contribution in [1.29, 1.82) is 0 Å². The molecule has 0 spiro atoms. The van der Waals surface area contributed by atoms with E-state index in [-0.39, 0.29) is 30.4 Å². The van der Waals surface area contributed by atoms with Crippen LogP contribution in [0, 0.1) is 5.41 Å². The number of methoxy groups -OCH3 is 2. The van der Waals surface area contributed by atoms with Crippen LogP contribution in [0.4, 0.5) is 11.4 Å². The third-order valence-corrected chi connectivity index (χ3v) is 9.61. The van der Waals surface area contributed by atoms with Crippen LogP contribution in [0.1, 0.15) is 43.9 Å². The van der Waals surface area contributed by atoms with Gasteiger partial charge in [-0.25, -0.2) is 0 Å². The van der Waals surface area contributed by atoms with E-state index >= 15 is 0 Å². The number of ketones is 1. The molecule has 0 radical (unpaired) electrons. The highest BCUT2D eigenvalue weighted by Gasteiger charge is 2.43. The maximum atomic E-state index is 14.2. The van der Waals surface area contributed by atoms with E-state index in [2.05, 4.69) is 35.0 Å². The third-order valence-electron chi connectivity index (χ3n) is 9.61. The lowest BCUT2D eigenvalue weighted by Crippen LogP contribution is -2.51. The zero-order chi connectivity index (χ0) is 32.7. The second-order valence-electron chi connectivity index (χ2n) is 13.5. The Labute approximate surface area is 275 Å². The number of nitrogens with one attached hydrogen (secondary N) is 1. The number of carbonyl (C=O) groups is 2. The van der Waals surface area contributed by atoms with Crippen molar-refractivity contribution in [1.82, 2.24) is 9.80 Å². The number of amides is 1. The molecule has 1 fully saturated rings. The van der Waals surface area contributed by atoms with E-state index in [4.69, 9.17) is 18.9 Å². The van der Waals surface area contributed by atoms with Gasteiger partial charge in [-0.3, -0.25) is 14.5 Å². The number of nitrogens with zero attached hydrogens (tertiary/aromatic N) is 3. The van der Waals surface area contributed by atoms with Crippen molar-refractivity contribution in [3.05, 3.63) is 83.1 Å². The lowest BCUT2D eigenvalue weighted by Gasteiger charge is -2.40. The van der Waals surface area contributed by atoms with E-state index in [0.717, 1.165) is 59.3 Å². The Bertz CT molecular complexity index is 1730. The number of para-hydroxylation sites is 2. The summed E-state index contributed by atoms with van der Waals surface area (Å²) in [7, 11) is 3.24. The fraction of sp³-hybridized carbons (Fsp3) is 0.405. The van der Waals surface area contributed by atoms with Crippen molar-refractivity contribution < 1.29 is 28.5 Å². The first kappa shape index (κ1) is 30.9. The van der Waals surface area contributed by atoms with Crippen LogP contribution < -0.4 is 29.2 Å². The SMILES string of the molecule is COc1ccc(C2C3=C(CC(C)(C)CC3=O)Nc3ccccc3N2CC(=O)N2CCN(Cc3ccc4c(c3)OCO4)CC2)c(OC)c1. The van der Waals surface area contributed by atoms with Crippen LogP contribution in [0.15, 0.2) is 71.9 Å². The maximum absolute atomic E-state index is 14.2.